The van der Waals surface area contributed by atoms with Gasteiger partial charge in [-0.15, -0.1) is 46.1 Å². The molecule has 37 heavy (non-hydrogen) atoms. The summed E-state index contributed by atoms with van der Waals surface area (Å²) in [7, 11) is 0. The Morgan fingerprint density at radius 3 is 0.811 bits per heavy atom. The summed E-state index contributed by atoms with van der Waals surface area (Å²) in [5, 5.41) is 0. The van der Waals surface area contributed by atoms with Crippen LogP contribution in [0, 0.1) is 0 Å². The van der Waals surface area contributed by atoms with Gasteiger partial charge in [0.25, 0.3) is 0 Å². The number of allylic oxidation sites excluding steroid dienone is 1. The minimum Gasteiger partial charge on any atom is -0.106 e. The van der Waals surface area contributed by atoms with E-state index in [1.165, 1.54) is 37.7 Å². The third kappa shape index (κ3) is 239. The Morgan fingerprint density at radius 1 is 0.486 bits per heavy atom. The highest BCUT2D eigenvalue weighted by atomic mass is 13.9. The normalized spacial score (nSPS) is 5.73. The van der Waals surface area contributed by atoms with E-state index in [0.29, 0.717) is 0 Å². The van der Waals surface area contributed by atoms with E-state index in [2.05, 4.69) is 112 Å². The number of hydrogen-bond acceptors (Lipinski definition) is 0. The summed E-state index contributed by atoms with van der Waals surface area (Å²) < 4.78 is 0. The van der Waals surface area contributed by atoms with E-state index in [0.717, 1.165) is 12.8 Å². The van der Waals surface area contributed by atoms with Crippen molar-refractivity contribution in [3.8, 4) is 0 Å². The van der Waals surface area contributed by atoms with E-state index in [4.69, 9.17) is 0 Å². The molecule has 1 aromatic rings. The van der Waals surface area contributed by atoms with E-state index in [-0.39, 0.29) is 0 Å². The van der Waals surface area contributed by atoms with Gasteiger partial charge in [0, 0.05) is 0 Å². The molecule has 0 radical (unpaired) electrons. The molecule has 0 aromatic heterocycles. The fourth-order valence-electron chi connectivity index (χ4n) is 1.07. The molecule has 0 fully saturated rings. The lowest BCUT2D eigenvalue weighted by Crippen LogP contribution is -1.73. The molecule has 0 N–H and O–H groups in total. The molecule has 0 bridgehead atoms. The molecular formula is C37H82. The predicted molar refractivity (Wildman–Crippen MR) is 193 cm³/mol. The summed E-state index contributed by atoms with van der Waals surface area (Å²) in [6.07, 6.45) is 10.8. The summed E-state index contributed by atoms with van der Waals surface area (Å²) in [6, 6.07) is 10.5. The van der Waals surface area contributed by atoms with Crippen LogP contribution in [0.5, 0.6) is 0 Å². The van der Waals surface area contributed by atoms with E-state index < -0.39 is 0 Å². The number of benzene rings is 1. The second kappa shape index (κ2) is 187. The Kier molecular flexibility index (Phi) is 356. The van der Waals surface area contributed by atoms with Gasteiger partial charge >= 0.3 is 0 Å². The van der Waals surface area contributed by atoms with Crippen molar-refractivity contribution in [2.75, 3.05) is 0 Å². The van der Waals surface area contributed by atoms with Gasteiger partial charge in [-0.1, -0.05) is 179 Å². The molecule has 0 aliphatic heterocycles. The van der Waals surface area contributed by atoms with Gasteiger partial charge in [-0.05, 0) is 18.4 Å². The molecule has 0 atom stereocenters. The van der Waals surface area contributed by atoms with Crippen molar-refractivity contribution in [3.63, 3.8) is 0 Å². The van der Waals surface area contributed by atoms with Crippen molar-refractivity contribution >= 4 is 0 Å². The monoisotopic (exact) mass is 527 g/mol. The first-order valence-corrected chi connectivity index (χ1v) is 15.3. The van der Waals surface area contributed by atoms with E-state index in [1.54, 1.807) is 0 Å². The molecule has 0 saturated heterocycles. The van der Waals surface area contributed by atoms with Gasteiger partial charge in [-0.25, -0.2) is 0 Å². The lowest BCUT2D eigenvalue weighted by molar-refractivity contribution is 0.772. The van der Waals surface area contributed by atoms with Gasteiger partial charge in [-0.3, -0.25) is 0 Å². The fourth-order valence-corrected chi connectivity index (χ4v) is 1.07. The zero-order valence-electron chi connectivity index (χ0n) is 29.9. The minimum absolute atomic E-state index is 1.08. The van der Waals surface area contributed by atoms with Crippen LogP contribution in [-0.2, 0) is 6.42 Å². The van der Waals surface area contributed by atoms with Crippen molar-refractivity contribution in [2.24, 2.45) is 0 Å². The highest BCUT2D eigenvalue weighted by Crippen LogP contribution is 1.96. The van der Waals surface area contributed by atoms with Gasteiger partial charge in [0.05, 0.1) is 0 Å². The molecule has 0 unspecified atom stereocenters. The molecule has 0 nitrogen and oxygen atoms in total. The minimum atomic E-state index is 1.08. The zero-order valence-corrected chi connectivity index (χ0v) is 29.9. The van der Waals surface area contributed by atoms with Crippen LogP contribution in [0.3, 0.4) is 0 Å². The Bertz CT molecular complexity index is 277. The molecule has 1 rings (SSSR count). The van der Waals surface area contributed by atoms with Crippen LogP contribution < -0.4 is 0 Å². The van der Waals surface area contributed by atoms with Crippen molar-refractivity contribution in [1.82, 2.24) is 0 Å². The number of rotatable bonds is 5. The summed E-state index contributed by atoms with van der Waals surface area (Å²) in [6.45, 7) is 54.5. The number of aryl methyl sites for hydroxylation is 1. The molecule has 0 heterocycles. The predicted octanol–water partition coefficient (Wildman–Crippen LogP) is 15.4. The zero-order chi connectivity index (χ0) is 32.8. The van der Waals surface area contributed by atoms with Crippen LogP contribution >= 0.6 is 0 Å². The number of unbranched alkanes of at least 4 members (excludes halogenated alkanes) is 3. The van der Waals surface area contributed by atoms with Gasteiger partial charge in [0.1, 0.15) is 0 Å². The molecule has 0 aliphatic rings. The summed E-state index contributed by atoms with van der Waals surface area (Å²) >= 11 is 0. The summed E-state index contributed by atoms with van der Waals surface area (Å²) in [5.74, 6) is 0. The van der Waals surface area contributed by atoms with E-state index in [1.807, 2.05) is 81.4 Å². The van der Waals surface area contributed by atoms with Crippen LogP contribution in [-0.4, -0.2) is 0 Å². The van der Waals surface area contributed by atoms with E-state index >= 15 is 0 Å². The van der Waals surface area contributed by atoms with Crippen LogP contribution in [0.2, 0.25) is 0 Å². The molecule has 230 valence electrons. The van der Waals surface area contributed by atoms with Crippen molar-refractivity contribution in [1.29, 1.82) is 0 Å². The summed E-state index contributed by atoms with van der Waals surface area (Å²) in [4.78, 5) is 0. The first-order chi connectivity index (χ1) is 18.2. The SMILES string of the molecule is C=C.C=C.C=C.C=CCC.CC.CC.CC.CC.CC.CCCC.CCCCC.CCc1ccccc1. The van der Waals surface area contributed by atoms with Crippen LogP contribution in [0.25, 0.3) is 0 Å². The molecule has 0 heteroatoms. The molecule has 0 aliphatic carbocycles. The fraction of sp³-hybridized carbons (Fsp3) is 0.622. The van der Waals surface area contributed by atoms with Crippen LogP contribution in [0.15, 0.2) is 82.5 Å². The van der Waals surface area contributed by atoms with Crippen molar-refractivity contribution < 1.29 is 0 Å². The quantitative estimate of drug-likeness (QED) is 0.334. The lowest BCUT2D eigenvalue weighted by atomic mass is 10.2. The Balaban J connectivity index is -0.0000000234. The topological polar surface area (TPSA) is 0 Å². The van der Waals surface area contributed by atoms with Gasteiger partial charge in [-0.2, -0.15) is 0 Å². The van der Waals surface area contributed by atoms with Gasteiger partial charge in [0.15, 0.2) is 0 Å². The molecule has 0 saturated carbocycles. The highest BCUT2D eigenvalue weighted by molar-refractivity contribution is 5.13. The molecular weight excluding hydrogens is 444 g/mol. The molecule has 1 aromatic carbocycles. The highest BCUT2D eigenvalue weighted by Gasteiger charge is 1.79. The maximum atomic E-state index is 3.48. The average Bonchev–Trinajstić information content (AvgIpc) is 3.06. The smallest absolute Gasteiger partial charge is 0.0307 e. The third-order valence-corrected chi connectivity index (χ3v) is 2.75. The van der Waals surface area contributed by atoms with Gasteiger partial charge < -0.3 is 0 Å². The molecule has 0 spiro atoms. The summed E-state index contributed by atoms with van der Waals surface area (Å²) in [5.41, 5.74) is 1.41. The third-order valence-electron chi connectivity index (χ3n) is 2.75. The largest absolute Gasteiger partial charge is 0.106 e. The van der Waals surface area contributed by atoms with Crippen molar-refractivity contribution in [3.05, 3.63) is 88.0 Å². The van der Waals surface area contributed by atoms with E-state index in [9.17, 15) is 0 Å². The number of hydrogen-bond donors (Lipinski definition) is 0. The van der Waals surface area contributed by atoms with Crippen molar-refractivity contribution in [2.45, 2.75) is 156 Å². The lowest BCUT2D eigenvalue weighted by Gasteiger charge is -1.89. The second-order valence-corrected chi connectivity index (χ2v) is 4.89. The Morgan fingerprint density at radius 2 is 0.730 bits per heavy atom. The second-order valence-electron chi connectivity index (χ2n) is 4.89. The van der Waals surface area contributed by atoms with Gasteiger partial charge in [0.2, 0.25) is 0 Å². The Hall–Kier alpha value is -1.82. The maximum Gasteiger partial charge on any atom is -0.0307 e. The first kappa shape index (κ1) is 70.3. The molecule has 0 amide bonds. The maximum absolute atomic E-state index is 3.48. The standard InChI is InChI=1S/C8H10.C5H12.C4H10.C4H8.5C2H6.3C2H4/c1-2-8-6-4-3-5-7-8;1-3-5-4-2;2*1-3-4-2;8*1-2/h3-7H,2H2,1H3;3-5H2,1-2H3;3-4H2,1-2H3;3H,1,4H2,2H3;5*1-2H3;3*1-2H2. The Labute approximate surface area is 243 Å². The first-order valence-electron chi connectivity index (χ1n) is 15.3. The van der Waals surface area contributed by atoms with Crippen LogP contribution in [0.4, 0.5) is 0 Å². The average molecular weight is 527 g/mol. The van der Waals surface area contributed by atoms with Crippen LogP contribution in [0.1, 0.15) is 155 Å².